The SMILES string of the molecule is O=C(CNc1ccc(OC(F)F)cc1)Nc1cccc(F)c1. The molecule has 2 aromatic carbocycles. The molecule has 0 fully saturated rings. The van der Waals surface area contributed by atoms with Gasteiger partial charge in [-0.2, -0.15) is 8.78 Å². The highest BCUT2D eigenvalue weighted by Crippen LogP contribution is 2.17. The fourth-order valence-corrected chi connectivity index (χ4v) is 1.71. The molecule has 0 unspecified atom stereocenters. The molecule has 1 amide bonds. The average molecular weight is 310 g/mol. The maximum atomic E-state index is 13.0. The van der Waals surface area contributed by atoms with Gasteiger partial charge in [-0.25, -0.2) is 4.39 Å². The van der Waals surface area contributed by atoms with E-state index >= 15 is 0 Å². The Balaban J connectivity index is 1.83. The van der Waals surface area contributed by atoms with Crippen LogP contribution in [0.25, 0.3) is 0 Å². The number of carbonyl (C=O) groups excluding carboxylic acids is 1. The van der Waals surface area contributed by atoms with Crippen molar-refractivity contribution >= 4 is 17.3 Å². The van der Waals surface area contributed by atoms with E-state index in [-0.39, 0.29) is 18.2 Å². The number of amides is 1. The first-order chi connectivity index (χ1) is 10.5. The number of alkyl halides is 2. The molecule has 7 heteroatoms. The highest BCUT2D eigenvalue weighted by Gasteiger charge is 2.05. The largest absolute Gasteiger partial charge is 0.435 e. The van der Waals surface area contributed by atoms with E-state index in [1.165, 1.54) is 42.5 Å². The first-order valence-corrected chi connectivity index (χ1v) is 6.37. The van der Waals surface area contributed by atoms with Crippen LogP contribution in [0.15, 0.2) is 48.5 Å². The number of anilines is 2. The van der Waals surface area contributed by atoms with Crippen LogP contribution in [-0.2, 0) is 4.79 Å². The van der Waals surface area contributed by atoms with Crippen LogP contribution < -0.4 is 15.4 Å². The van der Waals surface area contributed by atoms with Crippen LogP contribution in [0.1, 0.15) is 0 Å². The number of ether oxygens (including phenoxy) is 1. The van der Waals surface area contributed by atoms with Gasteiger partial charge in [-0.3, -0.25) is 4.79 Å². The van der Waals surface area contributed by atoms with Crippen molar-refractivity contribution in [1.82, 2.24) is 0 Å². The van der Waals surface area contributed by atoms with E-state index in [0.717, 1.165) is 0 Å². The van der Waals surface area contributed by atoms with Crippen LogP contribution in [0.3, 0.4) is 0 Å². The highest BCUT2D eigenvalue weighted by molar-refractivity contribution is 5.93. The molecule has 0 aliphatic heterocycles. The van der Waals surface area contributed by atoms with Gasteiger partial charge in [0.1, 0.15) is 11.6 Å². The Bertz CT molecular complexity index is 633. The maximum Gasteiger partial charge on any atom is 0.387 e. The molecule has 0 aliphatic carbocycles. The van der Waals surface area contributed by atoms with Crippen molar-refractivity contribution in [3.8, 4) is 5.75 Å². The molecule has 0 aromatic heterocycles. The Labute approximate surface area is 124 Å². The molecule has 0 spiro atoms. The number of hydrogen-bond donors (Lipinski definition) is 2. The van der Waals surface area contributed by atoms with Crippen LogP contribution in [0.4, 0.5) is 24.5 Å². The fourth-order valence-electron chi connectivity index (χ4n) is 1.71. The van der Waals surface area contributed by atoms with Crippen molar-refractivity contribution in [2.75, 3.05) is 17.2 Å². The third-order valence-corrected chi connectivity index (χ3v) is 2.64. The predicted molar refractivity (Wildman–Crippen MR) is 76.6 cm³/mol. The number of halogens is 3. The lowest BCUT2D eigenvalue weighted by Gasteiger charge is -2.09. The Morgan fingerprint density at radius 3 is 2.45 bits per heavy atom. The van der Waals surface area contributed by atoms with Crippen LogP contribution in [0.2, 0.25) is 0 Å². The van der Waals surface area contributed by atoms with Crippen LogP contribution >= 0.6 is 0 Å². The molecule has 0 radical (unpaired) electrons. The van der Waals surface area contributed by atoms with Crippen molar-refractivity contribution in [3.05, 3.63) is 54.3 Å². The summed E-state index contributed by atoms with van der Waals surface area (Å²) >= 11 is 0. The lowest BCUT2D eigenvalue weighted by atomic mass is 10.3. The summed E-state index contributed by atoms with van der Waals surface area (Å²) in [6.45, 7) is -2.93. The van der Waals surface area contributed by atoms with Crippen LogP contribution in [-0.4, -0.2) is 19.1 Å². The van der Waals surface area contributed by atoms with Crippen molar-refractivity contribution in [2.45, 2.75) is 6.61 Å². The van der Waals surface area contributed by atoms with Gasteiger partial charge >= 0.3 is 6.61 Å². The molecule has 0 atom stereocenters. The standard InChI is InChI=1S/C15H13F3N2O2/c16-10-2-1-3-12(8-10)20-14(21)9-19-11-4-6-13(7-5-11)22-15(17)18/h1-8,15,19H,9H2,(H,20,21). The number of rotatable bonds is 6. The minimum atomic E-state index is -2.88. The van der Waals surface area contributed by atoms with Crippen LogP contribution in [0.5, 0.6) is 5.75 Å². The van der Waals surface area contributed by atoms with Gasteiger partial charge in [-0.05, 0) is 42.5 Å². The van der Waals surface area contributed by atoms with E-state index in [2.05, 4.69) is 15.4 Å². The summed E-state index contributed by atoms with van der Waals surface area (Å²) in [5, 5.41) is 5.34. The topological polar surface area (TPSA) is 50.4 Å². The van der Waals surface area contributed by atoms with Gasteiger partial charge in [-0.15, -0.1) is 0 Å². The third-order valence-electron chi connectivity index (χ3n) is 2.64. The Kier molecular flexibility index (Phi) is 5.24. The van der Waals surface area contributed by atoms with Crippen molar-refractivity contribution < 1.29 is 22.7 Å². The van der Waals surface area contributed by atoms with E-state index in [9.17, 15) is 18.0 Å². The van der Waals surface area contributed by atoms with Gasteiger partial charge in [0.25, 0.3) is 0 Å². The highest BCUT2D eigenvalue weighted by atomic mass is 19.3. The first kappa shape index (κ1) is 15.7. The molecule has 0 aliphatic rings. The van der Waals surface area contributed by atoms with E-state index in [4.69, 9.17) is 0 Å². The zero-order valence-corrected chi connectivity index (χ0v) is 11.4. The Morgan fingerprint density at radius 2 is 1.82 bits per heavy atom. The van der Waals surface area contributed by atoms with Gasteiger partial charge in [0.2, 0.25) is 5.91 Å². The Hall–Kier alpha value is -2.70. The second-order valence-electron chi connectivity index (χ2n) is 4.31. The molecule has 0 bridgehead atoms. The molecule has 0 saturated carbocycles. The van der Waals surface area contributed by atoms with Crippen molar-refractivity contribution in [1.29, 1.82) is 0 Å². The van der Waals surface area contributed by atoms with Crippen molar-refractivity contribution in [3.63, 3.8) is 0 Å². The van der Waals surface area contributed by atoms with Gasteiger partial charge in [0.15, 0.2) is 0 Å². The summed E-state index contributed by atoms with van der Waals surface area (Å²) in [6, 6.07) is 11.3. The summed E-state index contributed by atoms with van der Waals surface area (Å²) in [5.41, 5.74) is 0.920. The van der Waals surface area contributed by atoms with E-state index in [1.807, 2.05) is 0 Å². The summed E-state index contributed by atoms with van der Waals surface area (Å²) < 4.78 is 41.2. The van der Waals surface area contributed by atoms with Gasteiger partial charge in [-0.1, -0.05) is 6.07 Å². The minimum Gasteiger partial charge on any atom is -0.435 e. The first-order valence-electron chi connectivity index (χ1n) is 6.37. The summed E-state index contributed by atoms with van der Waals surface area (Å²) in [7, 11) is 0. The molecular weight excluding hydrogens is 297 g/mol. The quantitative estimate of drug-likeness (QED) is 0.859. The predicted octanol–water partition coefficient (Wildman–Crippen LogP) is 3.48. The van der Waals surface area contributed by atoms with Gasteiger partial charge < -0.3 is 15.4 Å². The summed E-state index contributed by atoms with van der Waals surface area (Å²) in [6.07, 6.45) is 0. The molecule has 4 nitrogen and oxygen atoms in total. The molecule has 2 N–H and O–H groups in total. The van der Waals surface area contributed by atoms with Crippen molar-refractivity contribution in [2.24, 2.45) is 0 Å². The maximum absolute atomic E-state index is 13.0. The van der Waals surface area contributed by atoms with E-state index < -0.39 is 12.4 Å². The van der Waals surface area contributed by atoms with Gasteiger partial charge in [0.05, 0.1) is 6.54 Å². The second-order valence-corrected chi connectivity index (χ2v) is 4.31. The normalized spacial score (nSPS) is 10.4. The monoisotopic (exact) mass is 310 g/mol. The number of benzene rings is 2. The van der Waals surface area contributed by atoms with Crippen LogP contribution in [0, 0.1) is 5.82 Å². The fraction of sp³-hybridized carbons (Fsp3) is 0.133. The number of carbonyl (C=O) groups is 1. The molecule has 0 heterocycles. The molecule has 2 rings (SSSR count). The molecule has 0 saturated heterocycles. The minimum absolute atomic E-state index is 0.0322. The van der Waals surface area contributed by atoms with E-state index in [1.54, 1.807) is 6.07 Å². The zero-order valence-electron chi connectivity index (χ0n) is 11.4. The van der Waals surface area contributed by atoms with Gasteiger partial charge in [0, 0.05) is 11.4 Å². The average Bonchev–Trinajstić information content (AvgIpc) is 2.46. The second kappa shape index (κ2) is 7.35. The smallest absolute Gasteiger partial charge is 0.387 e. The lowest BCUT2D eigenvalue weighted by Crippen LogP contribution is -2.21. The third kappa shape index (κ3) is 5.01. The Morgan fingerprint density at radius 1 is 1.09 bits per heavy atom. The lowest BCUT2D eigenvalue weighted by molar-refractivity contribution is -0.114. The molecular formula is C15H13F3N2O2. The molecule has 116 valence electrons. The zero-order chi connectivity index (χ0) is 15.9. The number of hydrogen-bond acceptors (Lipinski definition) is 3. The number of nitrogens with one attached hydrogen (secondary N) is 2. The molecule has 2 aromatic rings. The molecule has 22 heavy (non-hydrogen) atoms. The summed E-state index contributed by atoms with van der Waals surface area (Å²) in [5.74, 6) is -0.774. The van der Waals surface area contributed by atoms with E-state index in [0.29, 0.717) is 11.4 Å². The summed E-state index contributed by atoms with van der Waals surface area (Å²) in [4.78, 5) is 11.7.